The number of carbonyl (C=O) groups is 1. The molecule has 0 unspecified atom stereocenters. The van der Waals surface area contributed by atoms with E-state index in [0.29, 0.717) is 17.3 Å². The number of hydrogen-bond donors (Lipinski definition) is 1. The van der Waals surface area contributed by atoms with E-state index in [2.05, 4.69) is 39.5 Å². The summed E-state index contributed by atoms with van der Waals surface area (Å²) < 4.78 is 5.77. The van der Waals surface area contributed by atoms with Crippen LogP contribution in [0.15, 0.2) is 84.9 Å². The lowest BCUT2D eigenvalue weighted by molar-refractivity contribution is 0.102. The molecule has 0 saturated heterocycles. The van der Waals surface area contributed by atoms with E-state index >= 15 is 0 Å². The fourth-order valence-electron chi connectivity index (χ4n) is 3.88. The van der Waals surface area contributed by atoms with Gasteiger partial charge < -0.3 is 4.74 Å². The average Bonchev–Trinajstić information content (AvgIpc) is 3.26. The first kappa shape index (κ1) is 21.4. The molecule has 166 valence electrons. The van der Waals surface area contributed by atoms with Crippen LogP contribution < -0.4 is 10.1 Å². The molecule has 0 spiro atoms. The molecular formula is C27H25N3O2S. The predicted molar refractivity (Wildman–Crippen MR) is 132 cm³/mol. The number of rotatable bonds is 7. The zero-order valence-electron chi connectivity index (χ0n) is 18.2. The summed E-state index contributed by atoms with van der Waals surface area (Å²) in [5, 5.41) is 3.65. The largest absolute Gasteiger partial charge is 0.489 e. The van der Waals surface area contributed by atoms with E-state index in [-0.39, 0.29) is 5.91 Å². The van der Waals surface area contributed by atoms with Crippen LogP contribution in [0.1, 0.15) is 32.1 Å². The molecule has 1 aliphatic heterocycles. The molecule has 1 aliphatic rings. The van der Waals surface area contributed by atoms with Gasteiger partial charge in [-0.15, -0.1) is 11.3 Å². The summed E-state index contributed by atoms with van der Waals surface area (Å²) in [5.74, 6) is 0.687. The highest BCUT2D eigenvalue weighted by molar-refractivity contribution is 7.15. The van der Waals surface area contributed by atoms with Gasteiger partial charge in [0.05, 0.1) is 5.69 Å². The van der Waals surface area contributed by atoms with E-state index in [1.54, 1.807) is 11.3 Å². The standard InChI is InChI=1S/C27H25N3O2S/c31-26(22-13-11-21(12-14-22)19-32-23-9-5-2-6-10-23)29-27-28-24-15-16-30(18-25(24)33-27)17-20-7-3-1-4-8-20/h1-14H,15-19H2,(H,28,29,31). The summed E-state index contributed by atoms with van der Waals surface area (Å²) >= 11 is 1.58. The third-order valence-corrected chi connectivity index (χ3v) is 6.64. The summed E-state index contributed by atoms with van der Waals surface area (Å²) in [4.78, 5) is 21.1. The van der Waals surface area contributed by atoms with E-state index in [4.69, 9.17) is 4.74 Å². The van der Waals surface area contributed by atoms with E-state index in [9.17, 15) is 4.79 Å². The molecule has 0 radical (unpaired) electrons. The van der Waals surface area contributed by atoms with E-state index in [1.165, 1.54) is 10.4 Å². The lowest BCUT2D eigenvalue weighted by Gasteiger charge is -2.25. The van der Waals surface area contributed by atoms with Crippen LogP contribution >= 0.6 is 11.3 Å². The molecule has 4 aromatic rings. The quantitative estimate of drug-likeness (QED) is 0.398. The van der Waals surface area contributed by atoms with Gasteiger partial charge in [-0.3, -0.25) is 15.0 Å². The topological polar surface area (TPSA) is 54.5 Å². The van der Waals surface area contributed by atoms with Crippen molar-refractivity contribution in [3.05, 3.63) is 112 Å². The molecule has 33 heavy (non-hydrogen) atoms. The number of para-hydroxylation sites is 1. The van der Waals surface area contributed by atoms with Crippen LogP contribution in [0.3, 0.4) is 0 Å². The fraction of sp³-hybridized carbons (Fsp3) is 0.185. The van der Waals surface area contributed by atoms with Crippen LogP contribution in [-0.4, -0.2) is 22.3 Å². The van der Waals surface area contributed by atoms with Crippen molar-refractivity contribution in [2.75, 3.05) is 11.9 Å². The van der Waals surface area contributed by atoms with Gasteiger partial charge in [-0.25, -0.2) is 4.98 Å². The number of ether oxygens (including phenoxy) is 1. The Morgan fingerprint density at radius 2 is 1.67 bits per heavy atom. The number of benzene rings is 3. The number of thiazole rings is 1. The molecule has 5 rings (SSSR count). The molecule has 1 amide bonds. The minimum atomic E-state index is -0.141. The highest BCUT2D eigenvalue weighted by atomic mass is 32.1. The van der Waals surface area contributed by atoms with Gasteiger partial charge in [-0.2, -0.15) is 0 Å². The lowest BCUT2D eigenvalue weighted by Crippen LogP contribution is -2.29. The molecule has 0 bridgehead atoms. The van der Waals surface area contributed by atoms with Gasteiger partial charge >= 0.3 is 0 Å². The van der Waals surface area contributed by atoms with Crippen molar-refractivity contribution in [1.29, 1.82) is 0 Å². The Labute approximate surface area is 197 Å². The molecule has 0 atom stereocenters. The second-order valence-electron chi connectivity index (χ2n) is 8.09. The van der Waals surface area contributed by atoms with Crippen LogP contribution in [0.25, 0.3) is 0 Å². The molecule has 1 aromatic heterocycles. The van der Waals surface area contributed by atoms with Crippen molar-refractivity contribution >= 4 is 22.4 Å². The van der Waals surface area contributed by atoms with Crippen molar-refractivity contribution in [2.24, 2.45) is 0 Å². The molecule has 0 saturated carbocycles. The Kier molecular flexibility index (Phi) is 6.46. The van der Waals surface area contributed by atoms with Crippen molar-refractivity contribution in [3.8, 4) is 5.75 Å². The summed E-state index contributed by atoms with van der Waals surface area (Å²) in [5.41, 5.74) is 4.04. The molecule has 1 N–H and O–H groups in total. The monoisotopic (exact) mass is 455 g/mol. The van der Waals surface area contributed by atoms with Gasteiger partial charge in [0, 0.05) is 36.5 Å². The number of nitrogens with one attached hydrogen (secondary N) is 1. The molecule has 0 aliphatic carbocycles. The first-order valence-electron chi connectivity index (χ1n) is 11.1. The number of amides is 1. The Morgan fingerprint density at radius 1 is 0.939 bits per heavy atom. The highest BCUT2D eigenvalue weighted by Crippen LogP contribution is 2.29. The fourth-order valence-corrected chi connectivity index (χ4v) is 4.93. The lowest BCUT2D eigenvalue weighted by atomic mass is 10.1. The van der Waals surface area contributed by atoms with Crippen LogP contribution in [-0.2, 0) is 26.1 Å². The second-order valence-corrected chi connectivity index (χ2v) is 9.17. The second kappa shape index (κ2) is 9.98. The summed E-state index contributed by atoms with van der Waals surface area (Å²) in [6.07, 6.45) is 0.907. The number of nitrogens with zero attached hydrogens (tertiary/aromatic N) is 2. The molecule has 0 fully saturated rings. The summed E-state index contributed by atoms with van der Waals surface area (Å²) in [6, 6.07) is 27.7. The highest BCUT2D eigenvalue weighted by Gasteiger charge is 2.21. The van der Waals surface area contributed by atoms with E-state index in [0.717, 1.165) is 43.1 Å². The number of carbonyl (C=O) groups excluding carboxylic acids is 1. The zero-order valence-corrected chi connectivity index (χ0v) is 19.1. The van der Waals surface area contributed by atoms with E-state index < -0.39 is 0 Å². The SMILES string of the molecule is O=C(Nc1nc2c(s1)CN(Cc1ccccc1)CC2)c1ccc(COc2ccccc2)cc1. The van der Waals surface area contributed by atoms with Gasteiger partial charge in [0.25, 0.3) is 5.91 Å². The number of aromatic nitrogens is 1. The predicted octanol–water partition coefficient (Wildman–Crippen LogP) is 5.53. The van der Waals surface area contributed by atoms with Crippen LogP contribution in [0.5, 0.6) is 5.75 Å². The van der Waals surface area contributed by atoms with Gasteiger partial charge in [0.2, 0.25) is 0 Å². The van der Waals surface area contributed by atoms with Crippen molar-refractivity contribution in [1.82, 2.24) is 9.88 Å². The van der Waals surface area contributed by atoms with Crippen LogP contribution in [0, 0.1) is 0 Å². The van der Waals surface area contributed by atoms with Gasteiger partial charge in [0.1, 0.15) is 12.4 Å². The number of anilines is 1. The number of fused-ring (bicyclic) bond motifs is 1. The van der Waals surface area contributed by atoms with Gasteiger partial charge in [-0.1, -0.05) is 60.7 Å². The first-order chi connectivity index (χ1) is 16.2. The third-order valence-electron chi connectivity index (χ3n) is 5.64. The number of hydrogen-bond acceptors (Lipinski definition) is 5. The summed E-state index contributed by atoms with van der Waals surface area (Å²) in [7, 11) is 0. The average molecular weight is 456 g/mol. The van der Waals surface area contributed by atoms with Crippen molar-refractivity contribution in [2.45, 2.75) is 26.1 Å². The van der Waals surface area contributed by atoms with Gasteiger partial charge in [-0.05, 0) is 35.4 Å². The zero-order chi connectivity index (χ0) is 22.5. The van der Waals surface area contributed by atoms with Crippen LogP contribution in [0.2, 0.25) is 0 Å². The Balaban J connectivity index is 1.17. The summed E-state index contributed by atoms with van der Waals surface area (Å²) in [6.45, 7) is 3.24. The smallest absolute Gasteiger partial charge is 0.257 e. The van der Waals surface area contributed by atoms with Crippen LogP contribution in [0.4, 0.5) is 5.13 Å². The normalized spacial score (nSPS) is 13.3. The maximum atomic E-state index is 12.7. The van der Waals surface area contributed by atoms with E-state index in [1.807, 2.05) is 60.7 Å². The molecule has 5 nitrogen and oxygen atoms in total. The third kappa shape index (κ3) is 5.48. The Morgan fingerprint density at radius 3 is 2.42 bits per heavy atom. The molecule has 3 aromatic carbocycles. The molecule has 2 heterocycles. The molecule has 6 heteroatoms. The Bertz CT molecular complexity index is 1210. The molecular weight excluding hydrogens is 430 g/mol. The first-order valence-corrected chi connectivity index (χ1v) is 11.9. The van der Waals surface area contributed by atoms with Gasteiger partial charge in [0.15, 0.2) is 5.13 Å². The Hall–Kier alpha value is -3.48. The maximum Gasteiger partial charge on any atom is 0.257 e. The van der Waals surface area contributed by atoms with Crippen molar-refractivity contribution in [3.63, 3.8) is 0 Å². The maximum absolute atomic E-state index is 12.7. The van der Waals surface area contributed by atoms with Crippen molar-refractivity contribution < 1.29 is 9.53 Å². The minimum Gasteiger partial charge on any atom is -0.489 e. The minimum absolute atomic E-state index is 0.141.